The van der Waals surface area contributed by atoms with E-state index in [4.69, 9.17) is 11.6 Å². The summed E-state index contributed by atoms with van der Waals surface area (Å²) in [5, 5.41) is 9.97. The number of hydrogen-bond donors (Lipinski definition) is 5. The maximum Gasteiger partial charge on any atom is 0.243 e. The van der Waals surface area contributed by atoms with Crippen LogP contribution in [0.5, 0.6) is 0 Å². The lowest BCUT2D eigenvalue weighted by molar-refractivity contribution is 0.154. The molecule has 4 fully saturated rings. The average Bonchev–Trinajstić information content (AvgIpc) is 2.20. The standard InChI is InChI=1S/C19H19FN2O2S.C16H21FN2O2S.C15H17N3O2S.C13H18N4OS/c20-15-6-7-17-18(13-21-19(17)12-15)14-8-10-22(11-9-14)25(23,24)16-4-2-1-3-5-16;1-16(2)9-11(6-7-19(16)22(3,20)21)14-10-18-15-8-12(17)4-5-13(14)15;1-3-12-11-17(8-9-18(12)21(2,19)20)15-10-16-14-7-5-4-6-13(14)15;1-19(14,18)17-8-6-16(7-9-17)13-10-15-12-5-3-2-4-11(12)13/h1-7,12-14,21H,8-11H2;4-5,8,10-11,18H,6-7,9H2,1-3H3;1,4-7,10,12,16H,8-9,11H2,2H3;2-5,10,15H,1,6-9H2,(H2,14,18). The Morgan fingerprint density at radius 1 is 0.552 bits per heavy atom. The van der Waals surface area contributed by atoms with Crippen LogP contribution in [0.4, 0.5) is 20.2 Å². The van der Waals surface area contributed by atoms with Crippen LogP contribution < -0.4 is 14.9 Å². The van der Waals surface area contributed by atoms with Crippen molar-refractivity contribution in [2.24, 2.45) is 5.14 Å². The van der Waals surface area contributed by atoms with Gasteiger partial charge in [-0.15, -0.1) is 6.42 Å². The van der Waals surface area contributed by atoms with Gasteiger partial charge in [0, 0.05) is 139 Å². The van der Waals surface area contributed by atoms with Crippen LogP contribution in [0.1, 0.15) is 62.5 Å². The molecule has 0 aliphatic carbocycles. The summed E-state index contributed by atoms with van der Waals surface area (Å²) in [6.45, 7) is 9.97. The monoisotopic (exact) mass is 1260 g/mol. The highest BCUT2D eigenvalue weighted by Gasteiger charge is 2.41. The summed E-state index contributed by atoms with van der Waals surface area (Å²) in [5.74, 6) is 6.17. The van der Waals surface area contributed by atoms with Crippen LogP contribution >= 0.6 is 0 Å². The molecule has 18 nitrogen and oxygen atoms in total. The molecule has 4 aliphatic heterocycles. The number of fused-ring (bicyclic) bond motifs is 4. The van der Waals surface area contributed by atoms with Crippen molar-refractivity contribution < 1.29 is 38.2 Å². The Balaban J connectivity index is 0.000000129. The number of anilines is 2. The number of halogens is 2. The minimum Gasteiger partial charge on any atom is -0.367 e. The van der Waals surface area contributed by atoms with Crippen molar-refractivity contribution in [2.75, 3.05) is 87.8 Å². The van der Waals surface area contributed by atoms with Crippen LogP contribution in [-0.2, 0) is 40.0 Å². The molecule has 4 aromatic heterocycles. The number of nitrogens with zero attached hydrogens (tertiary/aromatic N) is 6. The molecular formula is C63H75F2N11O7S4. The zero-order chi connectivity index (χ0) is 62.1. The Morgan fingerprint density at radius 2 is 1.03 bits per heavy atom. The van der Waals surface area contributed by atoms with E-state index in [1.165, 1.54) is 52.2 Å². The Labute approximate surface area is 509 Å². The number of aromatic nitrogens is 4. The number of hydrogen-bond acceptors (Lipinski definition) is 9. The second-order valence-electron chi connectivity index (χ2n) is 23.2. The van der Waals surface area contributed by atoms with Crippen LogP contribution in [0.2, 0.25) is 0 Å². The minimum absolute atomic E-state index is 0.256. The number of nitrogens with one attached hydrogen (secondary N) is 4. The van der Waals surface area contributed by atoms with Crippen LogP contribution in [0, 0.1) is 24.0 Å². The lowest BCUT2D eigenvalue weighted by Gasteiger charge is -2.44. The molecule has 13 rings (SSSR count). The van der Waals surface area contributed by atoms with Crippen molar-refractivity contribution in [2.45, 2.75) is 67.8 Å². The van der Waals surface area contributed by atoms with Gasteiger partial charge in [0.05, 0.1) is 38.7 Å². The summed E-state index contributed by atoms with van der Waals surface area (Å²) in [6.07, 6.45) is 18.9. The highest BCUT2D eigenvalue weighted by Crippen LogP contribution is 2.42. The van der Waals surface area contributed by atoms with Gasteiger partial charge in [0.25, 0.3) is 0 Å². The number of nitrogens with two attached hydrogens (primary N) is 1. The SMILES string of the molecule is C#CC1CN(c2c[nH]c3ccccc23)CCN1S(C)(=O)=O.C=S(N)(=O)N1CCN(c2c[nH]c3ccccc23)CC1.CC1(C)CC(c2c[nH]c3cc(F)ccc23)CCN1S(C)(=O)=O.O=S(=O)(c1ccccc1)N1CCC(c2c[nH]c3cc(F)ccc23)CC1. The van der Waals surface area contributed by atoms with Crippen LogP contribution in [0.3, 0.4) is 0 Å². The van der Waals surface area contributed by atoms with E-state index in [-0.39, 0.29) is 23.5 Å². The van der Waals surface area contributed by atoms with E-state index in [0.717, 1.165) is 93.8 Å². The Hall–Kier alpha value is -7.05. The second kappa shape index (κ2) is 25.6. The summed E-state index contributed by atoms with van der Waals surface area (Å²) in [4.78, 5) is 17.5. The van der Waals surface area contributed by atoms with E-state index >= 15 is 0 Å². The normalized spacial score (nSPS) is 20.2. The predicted molar refractivity (Wildman–Crippen MR) is 348 cm³/mol. The number of benzene rings is 5. The highest BCUT2D eigenvalue weighted by atomic mass is 32.2. The molecule has 24 heteroatoms. The van der Waals surface area contributed by atoms with E-state index in [0.29, 0.717) is 57.3 Å². The number of para-hydroxylation sites is 2. The first-order valence-electron chi connectivity index (χ1n) is 28.8. The van der Waals surface area contributed by atoms with E-state index in [2.05, 4.69) is 59.7 Å². The van der Waals surface area contributed by atoms with Crippen LogP contribution in [-0.4, -0.2) is 162 Å². The zero-order valence-electron chi connectivity index (χ0n) is 49.2. The van der Waals surface area contributed by atoms with Crippen molar-refractivity contribution >= 4 is 101 Å². The van der Waals surface area contributed by atoms with Gasteiger partial charge in [0.1, 0.15) is 17.7 Å². The van der Waals surface area contributed by atoms with Crippen molar-refractivity contribution in [1.82, 2.24) is 37.2 Å². The maximum absolute atomic E-state index is 13.3. The van der Waals surface area contributed by atoms with E-state index < -0.39 is 51.5 Å². The smallest absolute Gasteiger partial charge is 0.243 e. The number of aromatic amines is 4. The average molecular weight is 1260 g/mol. The molecule has 4 aliphatic rings. The van der Waals surface area contributed by atoms with E-state index in [1.807, 2.05) is 75.0 Å². The molecule has 3 unspecified atom stereocenters. The Kier molecular flexibility index (Phi) is 18.5. The van der Waals surface area contributed by atoms with Gasteiger partial charge in [-0.25, -0.2) is 47.7 Å². The molecule has 0 saturated carbocycles. The molecule has 8 heterocycles. The van der Waals surface area contributed by atoms with Gasteiger partial charge in [0.15, 0.2) is 0 Å². The third kappa shape index (κ3) is 14.1. The summed E-state index contributed by atoms with van der Waals surface area (Å²) in [5.41, 5.74) is 7.92. The maximum atomic E-state index is 13.3. The number of terminal acetylenes is 1. The molecular weight excluding hydrogens is 1190 g/mol. The highest BCUT2D eigenvalue weighted by molar-refractivity contribution is 7.96. The molecule has 4 saturated heterocycles. The number of sulfonamides is 3. The summed E-state index contributed by atoms with van der Waals surface area (Å²) < 4.78 is 117. The van der Waals surface area contributed by atoms with Crippen molar-refractivity contribution in [1.29, 1.82) is 0 Å². The minimum atomic E-state index is -3.43. The molecule has 0 radical (unpaired) electrons. The number of piperidine rings is 2. The van der Waals surface area contributed by atoms with Gasteiger partial charge in [0.2, 0.25) is 30.1 Å². The third-order valence-electron chi connectivity index (χ3n) is 17.0. The zero-order valence-corrected chi connectivity index (χ0v) is 52.5. The molecule has 0 amide bonds. The first kappa shape index (κ1) is 63.0. The fraction of sp³-hybridized carbons (Fsp3) is 0.349. The lowest BCUT2D eigenvalue weighted by Crippen LogP contribution is -2.54. The quantitative estimate of drug-likeness (QED) is 0.0685. The number of H-pyrrole nitrogens is 4. The summed E-state index contributed by atoms with van der Waals surface area (Å²) >= 11 is 0. The molecule has 87 heavy (non-hydrogen) atoms. The van der Waals surface area contributed by atoms with Gasteiger partial charge in [-0.3, -0.25) is 0 Å². The summed E-state index contributed by atoms with van der Waals surface area (Å²) in [7, 11) is -12.5. The number of rotatable bonds is 9. The molecule has 462 valence electrons. The lowest BCUT2D eigenvalue weighted by atomic mass is 9.80. The molecule has 5 aromatic carbocycles. The van der Waals surface area contributed by atoms with E-state index in [9.17, 15) is 38.2 Å². The van der Waals surface area contributed by atoms with Crippen LogP contribution in [0.25, 0.3) is 43.6 Å². The van der Waals surface area contributed by atoms with E-state index in [1.54, 1.807) is 49.3 Å². The first-order chi connectivity index (χ1) is 41.3. The Bertz CT molecular complexity index is 4410. The third-order valence-corrected chi connectivity index (χ3v) is 22.9. The van der Waals surface area contributed by atoms with Crippen molar-refractivity contribution in [3.05, 3.63) is 163 Å². The molecule has 3 atom stereocenters. The number of piperazine rings is 2. The fourth-order valence-corrected chi connectivity index (χ4v) is 17.4. The first-order valence-corrected chi connectivity index (χ1v) is 35.7. The topological polar surface area (TPSA) is 228 Å². The summed E-state index contributed by atoms with van der Waals surface area (Å²) in [6, 6.07) is 33.9. The van der Waals surface area contributed by atoms with Crippen molar-refractivity contribution in [3.8, 4) is 12.3 Å². The second-order valence-corrected chi connectivity index (χ2v) is 30.9. The predicted octanol–water partition coefficient (Wildman–Crippen LogP) is 9.15. The molecule has 0 spiro atoms. The molecule has 6 N–H and O–H groups in total. The van der Waals surface area contributed by atoms with Gasteiger partial charge in [-0.1, -0.05) is 60.5 Å². The van der Waals surface area contributed by atoms with Crippen molar-refractivity contribution in [3.63, 3.8) is 0 Å². The van der Waals surface area contributed by atoms with Gasteiger partial charge in [-0.2, -0.15) is 12.9 Å². The molecule has 0 bridgehead atoms. The fourth-order valence-electron chi connectivity index (χ4n) is 12.7. The molecule has 9 aromatic rings. The Morgan fingerprint density at radius 3 is 1.54 bits per heavy atom. The largest absolute Gasteiger partial charge is 0.367 e. The van der Waals surface area contributed by atoms with Gasteiger partial charge < -0.3 is 29.7 Å². The van der Waals surface area contributed by atoms with Gasteiger partial charge >= 0.3 is 0 Å². The van der Waals surface area contributed by atoms with Crippen LogP contribution in [0.15, 0.2) is 145 Å². The van der Waals surface area contributed by atoms with Gasteiger partial charge in [-0.05, 0) is 129 Å².